The predicted octanol–water partition coefficient (Wildman–Crippen LogP) is 1.49. The number of nitrogens with zero attached hydrogens (tertiary/aromatic N) is 1. The van der Waals surface area contributed by atoms with E-state index < -0.39 is 0 Å². The topological polar surface area (TPSA) is 52.6 Å². The van der Waals surface area contributed by atoms with Gasteiger partial charge in [-0.3, -0.25) is 9.69 Å². The highest BCUT2D eigenvalue weighted by atomic mass is 16.3. The Labute approximate surface area is 117 Å². The Hall–Kier alpha value is -0.610. The van der Waals surface area contributed by atoms with Crippen LogP contribution in [0.1, 0.15) is 41.0 Å². The van der Waals surface area contributed by atoms with E-state index in [2.05, 4.69) is 24.1 Å². The number of amides is 1. The average Bonchev–Trinajstić information content (AvgIpc) is 2.27. The minimum Gasteiger partial charge on any atom is -0.395 e. The molecule has 0 aromatic heterocycles. The fraction of sp³-hybridized carbons (Fsp3) is 0.933. The molecular weight excluding hydrogens is 240 g/mol. The van der Waals surface area contributed by atoms with Gasteiger partial charge in [0.25, 0.3) is 0 Å². The summed E-state index contributed by atoms with van der Waals surface area (Å²) >= 11 is 0. The molecule has 0 aliphatic carbocycles. The smallest absolute Gasteiger partial charge is 0.225 e. The van der Waals surface area contributed by atoms with Crippen molar-refractivity contribution in [1.82, 2.24) is 10.2 Å². The number of carbonyl (C=O) groups excluding carboxylic acids is 1. The molecule has 4 nitrogen and oxygen atoms in total. The minimum atomic E-state index is -0.341. The maximum absolute atomic E-state index is 12.1. The lowest BCUT2D eigenvalue weighted by molar-refractivity contribution is -0.129. The van der Waals surface area contributed by atoms with Crippen molar-refractivity contribution in [3.63, 3.8) is 0 Å². The molecule has 112 valence electrons. The zero-order valence-electron chi connectivity index (χ0n) is 13.1. The number of carbonyl (C=O) groups is 1. The highest BCUT2D eigenvalue weighted by Gasteiger charge is 2.31. The quantitative estimate of drug-likeness (QED) is 0.814. The van der Waals surface area contributed by atoms with E-state index in [9.17, 15) is 4.79 Å². The Morgan fingerprint density at radius 2 is 2.00 bits per heavy atom. The Bertz CT molecular complexity index is 297. The van der Waals surface area contributed by atoms with E-state index in [1.54, 1.807) is 0 Å². The Morgan fingerprint density at radius 1 is 1.37 bits per heavy atom. The molecule has 0 spiro atoms. The normalized spacial score (nSPS) is 25.6. The fourth-order valence-electron chi connectivity index (χ4n) is 2.55. The minimum absolute atomic E-state index is 0.117. The molecule has 1 rings (SSSR count). The predicted molar refractivity (Wildman–Crippen MR) is 77.9 cm³/mol. The summed E-state index contributed by atoms with van der Waals surface area (Å²) < 4.78 is 0. The Morgan fingerprint density at radius 3 is 2.47 bits per heavy atom. The number of piperidine rings is 1. The second kappa shape index (κ2) is 6.71. The molecule has 1 amide bonds. The summed E-state index contributed by atoms with van der Waals surface area (Å²) in [6.45, 7) is 13.1. The molecule has 1 fully saturated rings. The van der Waals surface area contributed by atoms with Crippen LogP contribution in [0.5, 0.6) is 0 Å². The SMILES string of the molecule is CC(C)C1CC(NC(=O)C(C)(C)C)CN(CCO)C1. The van der Waals surface area contributed by atoms with Crippen LogP contribution in [0.25, 0.3) is 0 Å². The van der Waals surface area contributed by atoms with Crippen molar-refractivity contribution >= 4 is 5.91 Å². The van der Waals surface area contributed by atoms with Crippen molar-refractivity contribution in [2.45, 2.75) is 47.1 Å². The van der Waals surface area contributed by atoms with Gasteiger partial charge in [0.1, 0.15) is 0 Å². The lowest BCUT2D eigenvalue weighted by atomic mass is 9.85. The lowest BCUT2D eigenvalue weighted by Crippen LogP contribution is -2.54. The summed E-state index contributed by atoms with van der Waals surface area (Å²) in [6, 6.07) is 0.208. The van der Waals surface area contributed by atoms with E-state index in [1.807, 2.05) is 20.8 Å². The summed E-state index contributed by atoms with van der Waals surface area (Å²) in [7, 11) is 0. The maximum atomic E-state index is 12.1. The summed E-state index contributed by atoms with van der Waals surface area (Å²) in [5.41, 5.74) is -0.341. The van der Waals surface area contributed by atoms with Crippen molar-refractivity contribution in [3.05, 3.63) is 0 Å². The maximum Gasteiger partial charge on any atom is 0.225 e. The van der Waals surface area contributed by atoms with Crippen LogP contribution >= 0.6 is 0 Å². The first kappa shape index (κ1) is 16.4. The van der Waals surface area contributed by atoms with Crippen LogP contribution in [0.15, 0.2) is 0 Å². The lowest BCUT2D eigenvalue weighted by Gasteiger charge is -2.40. The summed E-state index contributed by atoms with van der Waals surface area (Å²) in [5.74, 6) is 1.31. The van der Waals surface area contributed by atoms with Crippen LogP contribution in [0.4, 0.5) is 0 Å². The molecule has 0 aromatic rings. The molecule has 1 aliphatic heterocycles. The van der Waals surface area contributed by atoms with Gasteiger partial charge in [0.2, 0.25) is 5.91 Å². The Kier molecular flexibility index (Phi) is 5.81. The van der Waals surface area contributed by atoms with Crippen LogP contribution < -0.4 is 5.32 Å². The third kappa shape index (κ3) is 5.11. The monoisotopic (exact) mass is 270 g/mol. The molecule has 0 radical (unpaired) electrons. The van der Waals surface area contributed by atoms with Gasteiger partial charge in [-0.1, -0.05) is 34.6 Å². The van der Waals surface area contributed by atoms with Crippen LogP contribution in [0, 0.1) is 17.3 Å². The number of hydrogen-bond acceptors (Lipinski definition) is 3. The average molecular weight is 270 g/mol. The van der Waals surface area contributed by atoms with Crippen molar-refractivity contribution in [1.29, 1.82) is 0 Å². The van der Waals surface area contributed by atoms with Crippen molar-refractivity contribution in [2.75, 3.05) is 26.2 Å². The van der Waals surface area contributed by atoms with Gasteiger partial charge < -0.3 is 10.4 Å². The number of aliphatic hydroxyl groups excluding tert-OH is 1. The van der Waals surface area contributed by atoms with Gasteiger partial charge >= 0.3 is 0 Å². The van der Waals surface area contributed by atoms with Crippen LogP contribution in [-0.2, 0) is 4.79 Å². The molecule has 1 saturated heterocycles. The van der Waals surface area contributed by atoms with E-state index in [0.717, 1.165) is 19.5 Å². The molecule has 0 bridgehead atoms. The van der Waals surface area contributed by atoms with Gasteiger partial charge in [-0.05, 0) is 18.3 Å². The van der Waals surface area contributed by atoms with E-state index in [-0.39, 0.29) is 24.0 Å². The molecule has 1 heterocycles. The fourth-order valence-corrected chi connectivity index (χ4v) is 2.55. The first-order chi connectivity index (χ1) is 8.74. The van der Waals surface area contributed by atoms with Gasteiger partial charge in [0.05, 0.1) is 6.61 Å². The second-order valence-electron chi connectivity index (χ2n) is 7.14. The largest absolute Gasteiger partial charge is 0.395 e. The van der Waals surface area contributed by atoms with Crippen LogP contribution in [0.3, 0.4) is 0 Å². The second-order valence-corrected chi connectivity index (χ2v) is 7.14. The number of β-amino-alcohol motifs (C(OH)–C–C–N with tert-alkyl or cyclic N) is 1. The molecule has 4 heteroatoms. The van der Waals surface area contributed by atoms with Crippen LogP contribution in [-0.4, -0.2) is 48.2 Å². The summed E-state index contributed by atoms with van der Waals surface area (Å²) in [4.78, 5) is 14.4. The molecule has 0 aromatic carbocycles. The van der Waals surface area contributed by atoms with Gasteiger partial charge in [-0.2, -0.15) is 0 Å². The van der Waals surface area contributed by atoms with E-state index in [0.29, 0.717) is 18.4 Å². The van der Waals surface area contributed by atoms with Gasteiger partial charge in [0, 0.05) is 31.1 Å². The number of aliphatic hydroxyl groups is 1. The highest BCUT2D eigenvalue weighted by Crippen LogP contribution is 2.24. The third-order valence-corrected chi connectivity index (χ3v) is 3.93. The molecule has 19 heavy (non-hydrogen) atoms. The molecule has 2 atom stereocenters. The summed E-state index contributed by atoms with van der Waals surface area (Å²) in [6.07, 6.45) is 1.04. The molecule has 2 N–H and O–H groups in total. The number of nitrogens with one attached hydrogen (secondary N) is 1. The van der Waals surface area contributed by atoms with Gasteiger partial charge in [-0.25, -0.2) is 0 Å². The first-order valence-corrected chi connectivity index (χ1v) is 7.38. The van der Waals surface area contributed by atoms with E-state index >= 15 is 0 Å². The van der Waals surface area contributed by atoms with Crippen molar-refractivity contribution in [3.8, 4) is 0 Å². The third-order valence-electron chi connectivity index (χ3n) is 3.93. The van der Waals surface area contributed by atoms with Crippen molar-refractivity contribution in [2.24, 2.45) is 17.3 Å². The highest BCUT2D eigenvalue weighted by molar-refractivity contribution is 5.81. The van der Waals surface area contributed by atoms with E-state index in [1.165, 1.54) is 0 Å². The van der Waals surface area contributed by atoms with Gasteiger partial charge in [-0.15, -0.1) is 0 Å². The van der Waals surface area contributed by atoms with Crippen molar-refractivity contribution < 1.29 is 9.90 Å². The zero-order valence-corrected chi connectivity index (χ0v) is 13.1. The van der Waals surface area contributed by atoms with Gasteiger partial charge in [0.15, 0.2) is 0 Å². The molecule has 2 unspecified atom stereocenters. The Balaban J connectivity index is 2.63. The number of hydrogen-bond donors (Lipinski definition) is 2. The molecule has 0 saturated carbocycles. The van der Waals surface area contributed by atoms with E-state index in [4.69, 9.17) is 5.11 Å². The standard InChI is InChI=1S/C15H30N2O2/c1-11(2)12-8-13(10-17(9-12)6-7-18)16-14(19)15(3,4)5/h11-13,18H,6-10H2,1-5H3,(H,16,19). The molecular formula is C15H30N2O2. The number of rotatable bonds is 4. The molecule has 1 aliphatic rings. The first-order valence-electron chi connectivity index (χ1n) is 7.38. The number of likely N-dealkylation sites (tertiary alicyclic amines) is 1. The summed E-state index contributed by atoms with van der Waals surface area (Å²) in [5, 5.41) is 12.3. The van der Waals surface area contributed by atoms with Crippen LogP contribution in [0.2, 0.25) is 0 Å². The zero-order chi connectivity index (χ0) is 14.6.